The minimum Gasteiger partial charge on any atom is -0.478 e. The lowest BCUT2D eigenvalue weighted by Gasteiger charge is -2.13. The Hall–Kier alpha value is -1.09. The first kappa shape index (κ1) is 16.0. The molecule has 0 spiro atoms. The molecular weight excluding hydrogens is 236 g/mol. The predicted octanol–water partition coefficient (Wildman–Crippen LogP) is 3.74. The van der Waals surface area contributed by atoms with Gasteiger partial charge < -0.3 is 10.1 Å². The molecule has 1 aromatic heterocycles. The van der Waals surface area contributed by atoms with E-state index in [0.29, 0.717) is 11.8 Å². The van der Waals surface area contributed by atoms with Crippen molar-refractivity contribution in [3.8, 4) is 5.88 Å². The Morgan fingerprint density at radius 3 is 2.53 bits per heavy atom. The number of nitrogens with one attached hydrogen (secondary N) is 1. The average Bonchev–Trinajstić information content (AvgIpc) is 2.35. The molecule has 1 rings (SSSR count). The molecule has 19 heavy (non-hydrogen) atoms. The molecule has 1 N–H and O–H groups in total. The average molecular weight is 264 g/mol. The molecular formula is C16H28N2O. The van der Waals surface area contributed by atoms with Crippen molar-refractivity contribution in [2.24, 2.45) is 5.92 Å². The summed E-state index contributed by atoms with van der Waals surface area (Å²) in [6.07, 6.45) is 1.07. The zero-order valence-electron chi connectivity index (χ0n) is 13.0. The standard InChI is InChI=1S/C16H28N2O/c1-6-17-11-14-9-15(13(4)5)18-16(10-14)19-8-7-12(2)3/h9-10,12-13,17H,6-8,11H2,1-5H3. The van der Waals surface area contributed by atoms with Crippen LogP contribution in [0.15, 0.2) is 12.1 Å². The number of ether oxygens (including phenoxy) is 1. The molecule has 0 fully saturated rings. The maximum atomic E-state index is 5.79. The highest BCUT2D eigenvalue weighted by molar-refractivity contribution is 5.26. The molecule has 0 bridgehead atoms. The summed E-state index contributed by atoms with van der Waals surface area (Å²) in [7, 11) is 0. The van der Waals surface area contributed by atoms with Gasteiger partial charge in [0.15, 0.2) is 0 Å². The first-order chi connectivity index (χ1) is 9.02. The largest absolute Gasteiger partial charge is 0.478 e. The lowest BCUT2D eigenvalue weighted by atomic mass is 10.1. The Bertz CT molecular complexity index is 375. The van der Waals surface area contributed by atoms with Crippen molar-refractivity contribution in [1.29, 1.82) is 0 Å². The maximum absolute atomic E-state index is 5.79. The molecule has 1 aromatic rings. The van der Waals surface area contributed by atoms with Crippen LogP contribution in [0.3, 0.4) is 0 Å². The summed E-state index contributed by atoms with van der Waals surface area (Å²) in [6.45, 7) is 13.4. The van der Waals surface area contributed by atoms with Gasteiger partial charge in [-0.25, -0.2) is 4.98 Å². The zero-order valence-corrected chi connectivity index (χ0v) is 13.0. The van der Waals surface area contributed by atoms with Crippen LogP contribution in [0.1, 0.15) is 58.2 Å². The van der Waals surface area contributed by atoms with Crippen molar-refractivity contribution < 1.29 is 4.74 Å². The summed E-state index contributed by atoms with van der Waals surface area (Å²) in [5, 5.41) is 3.35. The van der Waals surface area contributed by atoms with E-state index in [1.165, 1.54) is 5.56 Å². The number of aromatic nitrogens is 1. The Labute approximate surface area is 117 Å². The van der Waals surface area contributed by atoms with E-state index < -0.39 is 0 Å². The molecule has 3 nitrogen and oxygen atoms in total. The maximum Gasteiger partial charge on any atom is 0.213 e. The molecule has 108 valence electrons. The minimum atomic E-state index is 0.425. The highest BCUT2D eigenvalue weighted by Crippen LogP contribution is 2.19. The molecule has 0 aliphatic heterocycles. The van der Waals surface area contributed by atoms with Crippen molar-refractivity contribution in [2.45, 2.75) is 53.5 Å². The molecule has 0 aliphatic carbocycles. The third kappa shape index (κ3) is 6.06. The van der Waals surface area contributed by atoms with E-state index in [9.17, 15) is 0 Å². The van der Waals surface area contributed by atoms with Gasteiger partial charge in [0.25, 0.3) is 0 Å². The number of nitrogens with zero attached hydrogens (tertiary/aromatic N) is 1. The monoisotopic (exact) mass is 264 g/mol. The lowest BCUT2D eigenvalue weighted by molar-refractivity contribution is 0.278. The van der Waals surface area contributed by atoms with Gasteiger partial charge in [-0.15, -0.1) is 0 Å². The van der Waals surface area contributed by atoms with Crippen LogP contribution in [0, 0.1) is 5.92 Å². The fraction of sp³-hybridized carbons (Fsp3) is 0.688. The molecule has 0 aromatic carbocycles. The van der Waals surface area contributed by atoms with Gasteiger partial charge in [0, 0.05) is 18.3 Å². The van der Waals surface area contributed by atoms with E-state index in [0.717, 1.165) is 37.7 Å². The molecule has 3 heteroatoms. The molecule has 0 atom stereocenters. The van der Waals surface area contributed by atoms with Crippen LogP contribution in [0.25, 0.3) is 0 Å². The molecule has 0 aliphatic rings. The first-order valence-corrected chi connectivity index (χ1v) is 7.37. The molecule has 0 saturated heterocycles. The number of hydrogen-bond donors (Lipinski definition) is 1. The highest BCUT2D eigenvalue weighted by atomic mass is 16.5. The third-order valence-corrected chi connectivity index (χ3v) is 3.00. The van der Waals surface area contributed by atoms with Gasteiger partial charge in [0.1, 0.15) is 0 Å². The van der Waals surface area contributed by atoms with Gasteiger partial charge in [0.05, 0.1) is 6.61 Å². The van der Waals surface area contributed by atoms with E-state index in [1.807, 2.05) is 0 Å². The molecule has 0 saturated carbocycles. The van der Waals surface area contributed by atoms with Crippen molar-refractivity contribution in [1.82, 2.24) is 10.3 Å². The molecule has 0 amide bonds. The summed E-state index contributed by atoms with van der Waals surface area (Å²) in [5.41, 5.74) is 2.36. The smallest absolute Gasteiger partial charge is 0.213 e. The van der Waals surface area contributed by atoms with Crippen LogP contribution in [-0.2, 0) is 6.54 Å². The summed E-state index contributed by atoms with van der Waals surface area (Å²) >= 11 is 0. The number of pyridine rings is 1. The topological polar surface area (TPSA) is 34.1 Å². The second kappa shape index (κ2) is 8.16. The molecule has 1 heterocycles. The number of rotatable bonds is 8. The van der Waals surface area contributed by atoms with Crippen LogP contribution < -0.4 is 10.1 Å². The van der Waals surface area contributed by atoms with Gasteiger partial charge in [-0.05, 0) is 36.4 Å². The van der Waals surface area contributed by atoms with Crippen molar-refractivity contribution in [2.75, 3.05) is 13.2 Å². The van der Waals surface area contributed by atoms with Crippen LogP contribution in [0.2, 0.25) is 0 Å². The first-order valence-electron chi connectivity index (χ1n) is 7.37. The third-order valence-electron chi connectivity index (χ3n) is 3.00. The Kier molecular flexibility index (Phi) is 6.85. The summed E-state index contributed by atoms with van der Waals surface area (Å²) < 4.78 is 5.79. The van der Waals surface area contributed by atoms with E-state index in [-0.39, 0.29) is 0 Å². The van der Waals surface area contributed by atoms with Gasteiger partial charge in [-0.3, -0.25) is 0 Å². The van der Waals surface area contributed by atoms with E-state index >= 15 is 0 Å². The van der Waals surface area contributed by atoms with E-state index in [2.05, 4.69) is 57.1 Å². The Balaban J connectivity index is 2.74. The highest BCUT2D eigenvalue weighted by Gasteiger charge is 2.07. The normalized spacial score (nSPS) is 11.3. The van der Waals surface area contributed by atoms with Crippen LogP contribution >= 0.6 is 0 Å². The van der Waals surface area contributed by atoms with Gasteiger partial charge >= 0.3 is 0 Å². The Morgan fingerprint density at radius 2 is 1.95 bits per heavy atom. The quantitative estimate of drug-likeness (QED) is 0.776. The van der Waals surface area contributed by atoms with Crippen molar-refractivity contribution in [3.05, 3.63) is 23.4 Å². The summed E-state index contributed by atoms with van der Waals surface area (Å²) in [5.74, 6) is 1.85. The van der Waals surface area contributed by atoms with Gasteiger partial charge in [-0.1, -0.05) is 34.6 Å². The van der Waals surface area contributed by atoms with Crippen molar-refractivity contribution in [3.63, 3.8) is 0 Å². The second-order valence-corrected chi connectivity index (χ2v) is 5.70. The summed E-state index contributed by atoms with van der Waals surface area (Å²) in [4.78, 5) is 4.59. The molecule has 0 unspecified atom stereocenters. The van der Waals surface area contributed by atoms with E-state index in [1.54, 1.807) is 0 Å². The fourth-order valence-corrected chi connectivity index (χ4v) is 1.72. The second-order valence-electron chi connectivity index (χ2n) is 5.70. The lowest BCUT2D eigenvalue weighted by Crippen LogP contribution is -2.13. The molecule has 0 radical (unpaired) electrons. The van der Waals surface area contributed by atoms with Gasteiger partial charge in [-0.2, -0.15) is 0 Å². The predicted molar refractivity (Wildman–Crippen MR) is 80.7 cm³/mol. The zero-order chi connectivity index (χ0) is 14.3. The SMILES string of the molecule is CCNCc1cc(OCCC(C)C)nc(C(C)C)c1. The minimum absolute atomic E-state index is 0.425. The van der Waals surface area contributed by atoms with Crippen LogP contribution in [0.5, 0.6) is 5.88 Å². The van der Waals surface area contributed by atoms with Crippen LogP contribution in [-0.4, -0.2) is 18.1 Å². The Morgan fingerprint density at radius 1 is 1.21 bits per heavy atom. The van der Waals surface area contributed by atoms with E-state index in [4.69, 9.17) is 4.74 Å². The number of hydrogen-bond acceptors (Lipinski definition) is 3. The van der Waals surface area contributed by atoms with Gasteiger partial charge in [0.2, 0.25) is 5.88 Å². The fourth-order valence-electron chi connectivity index (χ4n) is 1.72. The summed E-state index contributed by atoms with van der Waals surface area (Å²) in [6, 6.07) is 4.22. The van der Waals surface area contributed by atoms with Crippen molar-refractivity contribution >= 4 is 0 Å². The van der Waals surface area contributed by atoms with Crippen LogP contribution in [0.4, 0.5) is 0 Å².